The zero-order valence-corrected chi connectivity index (χ0v) is 21.3. The SMILES string of the molecule is C=CC(=O)Oc1cc(P(=O)(Oc2ccccc2)Oc2ccccc2)c(OC(=O)C=C)c2ccc(OC)cc12. The number of esters is 2. The van der Waals surface area contributed by atoms with Crippen LogP contribution in [0.15, 0.2) is 110 Å². The number of fused-ring (bicyclic) bond motifs is 1. The van der Waals surface area contributed by atoms with Crippen LogP contribution in [0.2, 0.25) is 0 Å². The Morgan fingerprint density at radius 1 is 0.711 bits per heavy atom. The molecular formula is C29H23O8P. The van der Waals surface area contributed by atoms with Crippen LogP contribution in [0.4, 0.5) is 0 Å². The largest absolute Gasteiger partial charge is 0.497 e. The van der Waals surface area contributed by atoms with Crippen LogP contribution in [0.3, 0.4) is 0 Å². The first-order chi connectivity index (χ1) is 18.4. The van der Waals surface area contributed by atoms with Gasteiger partial charge in [-0.05, 0) is 42.5 Å². The van der Waals surface area contributed by atoms with Crippen LogP contribution in [0.1, 0.15) is 0 Å². The second kappa shape index (κ2) is 11.5. The van der Waals surface area contributed by atoms with E-state index >= 15 is 0 Å². The summed E-state index contributed by atoms with van der Waals surface area (Å²) in [5.41, 5.74) is 0. The van der Waals surface area contributed by atoms with E-state index in [1.54, 1.807) is 78.9 Å². The van der Waals surface area contributed by atoms with Crippen LogP contribution in [-0.2, 0) is 14.2 Å². The molecule has 0 unspecified atom stereocenters. The van der Waals surface area contributed by atoms with Crippen LogP contribution in [0, 0.1) is 0 Å². The predicted molar refractivity (Wildman–Crippen MR) is 144 cm³/mol. The number of hydrogen-bond donors (Lipinski definition) is 0. The van der Waals surface area contributed by atoms with Crippen molar-refractivity contribution in [3.8, 4) is 28.7 Å². The average Bonchev–Trinajstić information content (AvgIpc) is 2.94. The second-order valence-electron chi connectivity index (χ2n) is 7.69. The summed E-state index contributed by atoms with van der Waals surface area (Å²) in [6, 6.07) is 22.8. The van der Waals surface area contributed by atoms with Crippen LogP contribution in [0.5, 0.6) is 28.7 Å². The molecule has 0 atom stereocenters. The minimum Gasteiger partial charge on any atom is -0.497 e. The Hall–Kier alpha value is -4.81. The molecule has 0 N–H and O–H groups in total. The number of benzene rings is 4. The fourth-order valence-electron chi connectivity index (χ4n) is 3.50. The number of para-hydroxylation sites is 2. The summed E-state index contributed by atoms with van der Waals surface area (Å²) in [7, 11) is -2.91. The van der Waals surface area contributed by atoms with Crippen LogP contribution < -0.4 is 28.6 Å². The number of hydrogen-bond acceptors (Lipinski definition) is 8. The van der Waals surface area contributed by atoms with Gasteiger partial charge in [0.15, 0.2) is 5.75 Å². The first-order valence-electron chi connectivity index (χ1n) is 11.3. The molecule has 0 aromatic heterocycles. The minimum atomic E-state index is -4.38. The van der Waals surface area contributed by atoms with Gasteiger partial charge in [0.1, 0.15) is 28.3 Å². The van der Waals surface area contributed by atoms with Crippen molar-refractivity contribution in [2.24, 2.45) is 0 Å². The molecule has 0 aliphatic carbocycles. The Bertz CT molecular complexity index is 1500. The maximum absolute atomic E-state index is 14.7. The first-order valence-corrected chi connectivity index (χ1v) is 12.8. The quantitative estimate of drug-likeness (QED) is 0.106. The third kappa shape index (κ3) is 5.77. The van der Waals surface area contributed by atoms with Crippen molar-refractivity contribution in [1.82, 2.24) is 0 Å². The highest BCUT2D eigenvalue weighted by molar-refractivity contribution is 7.63. The molecule has 0 saturated carbocycles. The molecule has 4 rings (SSSR count). The van der Waals surface area contributed by atoms with E-state index < -0.39 is 19.5 Å². The fraction of sp³-hybridized carbons (Fsp3) is 0.0345. The van der Waals surface area contributed by atoms with Gasteiger partial charge in [-0.2, -0.15) is 0 Å². The van der Waals surface area contributed by atoms with Gasteiger partial charge in [-0.1, -0.05) is 49.6 Å². The van der Waals surface area contributed by atoms with Gasteiger partial charge in [0.2, 0.25) is 0 Å². The molecule has 0 aliphatic rings. The Morgan fingerprint density at radius 3 is 1.79 bits per heavy atom. The van der Waals surface area contributed by atoms with E-state index in [1.807, 2.05) is 0 Å². The molecule has 0 radical (unpaired) electrons. The number of carbonyl (C=O) groups is 2. The third-order valence-corrected chi connectivity index (χ3v) is 7.04. The standard InChI is InChI=1S/C29H23O8P/c1-4-27(30)34-25-19-26(29(35-28(31)5-2)23-17-16-22(33-3)18-24(23)25)38(32,36-20-12-8-6-9-13-20)37-21-14-10-7-11-15-21/h4-19H,1-2H2,3H3. The van der Waals surface area contributed by atoms with Gasteiger partial charge in [-0.3, -0.25) is 0 Å². The zero-order chi connectivity index (χ0) is 27.1. The molecule has 0 aliphatic heterocycles. The summed E-state index contributed by atoms with van der Waals surface area (Å²) in [6.07, 6.45) is 1.95. The topological polar surface area (TPSA) is 97.4 Å². The van der Waals surface area contributed by atoms with Gasteiger partial charge in [0, 0.05) is 29.0 Å². The average molecular weight is 530 g/mol. The highest BCUT2D eigenvalue weighted by Crippen LogP contribution is 2.52. The lowest BCUT2D eigenvalue weighted by Gasteiger charge is -2.23. The molecule has 4 aromatic carbocycles. The van der Waals surface area contributed by atoms with Gasteiger partial charge < -0.3 is 23.3 Å². The van der Waals surface area contributed by atoms with E-state index in [9.17, 15) is 14.2 Å². The molecule has 0 saturated heterocycles. The number of rotatable bonds is 10. The number of ether oxygens (including phenoxy) is 3. The second-order valence-corrected chi connectivity index (χ2v) is 9.53. The Morgan fingerprint density at radius 2 is 1.26 bits per heavy atom. The van der Waals surface area contributed by atoms with E-state index in [0.717, 1.165) is 12.2 Å². The fourth-order valence-corrected chi connectivity index (χ4v) is 5.22. The molecule has 0 spiro atoms. The Kier molecular flexibility index (Phi) is 7.94. The summed E-state index contributed by atoms with van der Waals surface area (Å²) < 4.78 is 43.0. The van der Waals surface area contributed by atoms with Crippen molar-refractivity contribution in [3.63, 3.8) is 0 Å². The van der Waals surface area contributed by atoms with Crippen molar-refractivity contribution < 1.29 is 37.4 Å². The van der Waals surface area contributed by atoms with Crippen LogP contribution in [0.25, 0.3) is 10.8 Å². The van der Waals surface area contributed by atoms with Gasteiger partial charge >= 0.3 is 19.5 Å². The first kappa shape index (κ1) is 26.3. The van der Waals surface area contributed by atoms with Crippen molar-refractivity contribution in [2.75, 3.05) is 7.11 Å². The highest BCUT2D eigenvalue weighted by atomic mass is 31.2. The molecule has 0 amide bonds. The monoisotopic (exact) mass is 530 g/mol. The van der Waals surface area contributed by atoms with Crippen molar-refractivity contribution in [3.05, 3.63) is 110 Å². The Balaban J connectivity index is 2.04. The number of carbonyl (C=O) groups excluding carboxylic acids is 2. The molecule has 192 valence electrons. The van der Waals surface area contributed by atoms with Gasteiger partial charge in [-0.15, -0.1) is 0 Å². The maximum Gasteiger partial charge on any atom is 0.466 e. The van der Waals surface area contributed by atoms with E-state index in [0.29, 0.717) is 11.1 Å². The summed E-state index contributed by atoms with van der Waals surface area (Å²) in [4.78, 5) is 24.6. The molecule has 0 heterocycles. The van der Waals surface area contributed by atoms with Crippen molar-refractivity contribution in [2.45, 2.75) is 0 Å². The van der Waals surface area contributed by atoms with Crippen LogP contribution >= 0.6 is 7.60 Å². The molecular weight excluding hydrogens is 507 g/mol. The van der Waals surface area contributed by atoms with Gasteiger partial charge in [-0.25, -0.2) is 14.2 Å². The normalized spacial score (nSPS) is 10.8. The maximum atomic E-state index is 14.7. The van der Waals surface area contributed by atoms with Gasteiger partial charge in [0.05, 0.1) is 7.11 Å². The molecule has 38 heavy (non-hydrogen) atoms. The summed E-state index contributed by atoms with van der Waals surface area (Å²) in [5.74, 6) is -0.818. The lowest BCUT2D eigenvalue weighted by molar-refractivity contribution is -0.129. The third-order valence-electron chi connectivity index (χ3n) is 5.22. The lowest BCUT2D eigenvalue weighted by atomic mass is 10.1. The predicted octanol–water partition coefficient (Wildman–Crippen LogP) is 6.01. The smallest absolute Gasteiger partial charge is 0.466 e. The van der Waals surface area contributed by atoms with E-state index in [1.165, 1.54) is 13.2 Å². The Labute approximate surface area is 219 Å². The van der Waals surface area contributed by atoms with Crippen molar-refractivity contribution >= 4 is 35.6 Å². The lowest BCUT2D eigenvalue weighted by Crippen LogP contribution is -2.21. The molecule has 9 heteroatoms. The molecule has 0 bridgehead atoms. The van der Waals surface area contributed by atoms with E-state index in [4.69, 9.17) is 23.3 Å². The van der Waals surface area contributed by atoms with Crippen LogP contribution in [-0.4, -0.2) is 19.0 Å². The molecule has 4 aromatic rings. The van der Waals surface area contributed by atoms with E-state index in [-0.39, 0.29) is 33.7 Å². The molecule has 8 nitrogen and oxygen atoms in total. The zero-order valence-electron chi connectivity index (χ0n) is 20.4. The van der Waals surface area contributed by atoms with E-state index in [2.05, 4.69) is 13.2 Å². The minimum absolute atomic E-state index is 0.00856. The highest BCUT2D eigenvalue weighted by Gasteiger charge is 2.38. The van der Waals surface area contributed by atoms with Gasteiger partial charge in [0.25, 0.3) is 0 Å². The van der Waals surface area contributed by atoms with Crippen molar-refractivity contribution in [1.29, 1.82) is 0 Å². The summed E-state index contributed by atoms with van der Waals surface area (Å²) >= 11 is 0. The molecule has 0 fully saturated rings. The number of methoxy groups -OCH3 is 1. The summed E-state index contributed by atoms with van der Waals surface area (Å²) in [5, 5.41) is 0.449. The summed E-state index contributed by atoms with van der Waals surface area (Å²) in [6.45, 7) is 6.89.